The lowest BCUT2D eigenvalue weighted by atomic mass is 10.0. The maximum Gasteiger partial charge on any atom is 0.162 e. The van der Waals surface area contributed by atoms with Gasteiger partial charge < -0.3 is 4.74 Å². The lowest BCUT2D eigenvalue weighted by Gasteiger charge is -2.25. The fourth-order valence-corrected chi connectivity index (χ4v) is 2.44. The molecule has 2 rings (SSSR count). The van der Waals surface area contributed by atoms with E-state index in [9.17, 15) is 0 Å². The first kappa shape index (κ1) is 10.8. The van der Waals surface area contributed by atoms with Crippen molar-refractivity contribution >= 4 is 11.6 Å². The standard InChI is InChI=1S/C11H15ClN2O/c1-8-7-9(12)14-10(13-8)11(15-2)5-3-4-6-11/h7H,3-6H2,1-2H3. The van der Waals surface area contributed by atoms with Gasteiger partial charge in [-0.3, -0.25) is 0 Å². The molecular formula is C11H15ClN2O. The molecule has 82 valence electrons. The molecular weight excluding hydrogens is 212 g/mol. The summed E-state index contributed by atoms with van der Waals surface area (Å²) in [7, 11) is 1.73. The van der Waals surface area contributed by atoms with Gasteiger partial charge in [0, 0.05) is 12.8 Å². The molecule has 0 N–H and O–H groups in total. The summed E-state index contributed by atoms with van der Waals surface area (Å²) < 4.78 is 5.61. The smallest absolute Gasteiger partial charge is 0.162 e. The fourth-order valence-electron chi connectivity index (χ4n) is 2.20. The van der Waals surface area contributed by atoms with Crippen LogP contribution in [0.5, 0.6) is 0 Å². The van der Waals surface area contributed by atoms with E-state index in [1.807, 2.05) is 6.92 Å². The molecule has 0 aromatic carbocycles. The molecule has 1 saturated carbocycles. The van der Waals surface area contributed by atoms with E-state index >= 15 is 0 Å². The van der Waals surface area contributed by atoms with Crippen molar-refractivity contribution in [3.05, 3.63) is 22.7 Å². The molecule has 4 heteroatoms. The molecule has 0 amide bonds. The van der Waals surface area contributed by atoms with Gasteiger partial charge in [0.05, 0.1) is 0 Å². The number of aryl methyl sites for hydroxylation is 1. The lowest BCUT2D eigenvalue weighted by Crippen LogP contribution is -2.27. The Morgan fingerprint density at radius 1 is 1.33 bits per heavy atom. The molecule has 0 radical (unpaired) electrons. The summed E-state index contributed by atoms with van der Waals surface area (Å²) in [5.74, 6) is 0.743. The van der Waals surface area contributed by atoms with E-state index in [1.54, 1.807) is 13.2 Å². The number of aromatic nitrogens is 2. The van der Waals surface area contributed by atoms with Gasteiger partial charge in [-0.1, -0.05) is 11.6 Å². The van der Waals surface area contributed by atoms with Crippen LogP contribution < -0.4 is 0 Å². The van der Waals surface area contributed by atoms with Crippen LogP contribution >= 0.6 is 11.6 Å². The summed E-state index contributed by atoms with van der Waals surface area (Å²) >= 11 is 5.94. The SMILES string of the molecule is COC1(c2nc(C)cc(Cl)n2)CCCC1. The zero-order valence-corrected chi connectivity index (χ0v) is 9.84. The zero-order valence-electron chi connectivity index (χ0n) is 9.09. The Kier molecular flexibility index (Phi) is 2.94. The second-order valence-electron chi connectivity index (χ2n) is 4.06. The second kappa shape index (κ2) is 4.06. The molecule has 0 spiro atoms. The van der Waals surface area contributed by atoms with Crippen molar-refractivity contribution in [2.24, 2.45) is 0 Å². The van der Waals surface area contributed by atoms with Crippen LogP contribution in [0, 0.1) is 6.92 Å². The summed E-state index contributed by atoms with van der Waals surface area (Å²) in [6.45, 7) is 1.93. The quantitative estimate of drug-likeness (QED) is 0.728. The van der Waals surface area contributed by atoms with E-state index < -0.39 is 0 Å². The first-order chi connectivity index (χ1) is 7.16. The predicted molar refractivity (Wildman–Crippen MR) is 58.9 cm³/mol. The summed E-state index contributed by atoms with van der Waals surface area (Å²) in [5, 5.41) is 0.501. The predicted octanol–water partition coefficient (Wildman–Crippen LogP) is 2.85. The molecule has 3 nitrogen and oxygen atoms in total. The Labute approximate surface area is 94.8 Å². The second-order valence-corrected chi connectivity index (χ2v) is 4.45. The number of halogens is 1. The minimum absolute atomic E-state index is 0.296. The Morgan fingerprint density at radius 2 is 2.00 bits per heavy atom. The zero-order chi connectivity index (χ0) is 10.9. The topological polar surface area (TPSA) is 35.0 Å². The first-order valence-corrected chi connectivity index (χ1v) is 5.61. The molecule has 0 bridgehead atoms. The average molecular weight is 227 g/mol. The van der Waals surface area contributed by atoms with Crippen molar-refractivity contribution in [3.8, 4) is 0 Å². The first-order valence-electron chi connectivity index (χ1n) is 5.23. The molecule has 0 atom stereocenters. The summed E-state index contributed by atoms with van der Waals surface area (Å²) in [6, 6.07) is 1.77. The number of hydrogen-bond acceptors (Lipinski definition) is 3. The van der Waals surface area contributed by atoms with Crippen molar-refractivity contribution in [1.82, 2.24) is 9.97 Å². The van der Waals surface area contributed by atoms with Crippen LogP contribution in [0.2, 0.25) is 5.15 Å². The van der Waals surface area contributed by atoms with Crippen LogP contribution in [-0.4, -0.2) is 17.1 Å². The molecule has 0 aliphatic heterocycles. The van der Waals surface area contributed by atoms with Crippen molar-refractivity contribution < 1.29 is 4.74 Å². The number of nitrogens with zero attached hydrogens (tertiary/aromatic N) is 2. The maximum absolute atomic E-state index is 5.94. The van der Waals surface area contributed by atoms with Crippen molar-refractivity contribution in [3.63, 3.8) is 0 Å². The Balaban J connectivity index is 2.42. The monoisotopic (exact) mass is 226 g/mol. The van der Waals surface area contributed by atoms with Gasteiger partial charge in [0.15, 0.2) is 5.82 Å². The third-order valence-electron chi connectivity index (χ3n) is 3.03. The number of rotatable bonds is 2. The molecule has 15 heavy (non-hydrogen) atoms. The summed E-state index contributed by atoms with van der Waals surface area (Å²) in [5.41, 5.74) is 0.601. The Bertz CT molecular complexity index is 341. The highest BCUT2D eigenvalue weighted by Crippen LogP contribution is 2.40. The highest BCUT2D eigenvalue weighted by Gasteiger charge is 2.38. The van der Waals surface area contributed by atoms with E-state index in [2.05, 4.69) is 9.97 Å². The van der Waals surface area contributed by atoms with Gasteiger partial charge >= 0.3 is 0 Å². The Hall–Kier alpha value is -0.670. The van der Waals surface area contributed by atoms with Crippen LogP contribution in [-0.2, 0) is 10.3 Å². The maximum atomic E-state index is 5.94. The summed E-state index contributed by atoms with van der Waals surface area (Å²) in [6.07, 6.45) is 4.32. The highest BCUT2D eigenvalue weighted by atomic mass is 35.5. The molecule has 1 aliphatic carbocycles. The molecule has 1 aliphatic rings. The van der Waals surface area contributed by atoms with Crippen LogP contribution in [0.15, 0.2) is 6.07 Å². The van der Waals surface area contributed by atoms with Gasteiger partial charge in [-0.25, -0.2) is 9.97 Å². The van der Waals surface area contributed by atoms with Crippen LogP contribution in [0.3, 0.4) is 0 Å². The molecule has 0 unspecified atom stereocenters. The molecule has 1 aromatic heterocycles. The van der Waals surface area contributed by atoms with Gasteiger partial charge in [-0.05, 0) is 38.7 Å². The molecule has 1 aromatic rings. The van der Waals surface area contributed by atoms with E-state index in [1.165, 1.54) is 12.8 Å². The third kappa shape index (κ3) is 1.99. The van der Waals surface area contributed by atoms with Gasteiger partial charge in [0.1, 0.15) is 10.8 Å². The minimum atomic E-state index is -0.296. The average Bonchev–Trinajstić information content (AvgIpc) is 2.65. The molecule has 1 heterocycles. The van der Waals surface area contributed by atoms with E-state index in [0.717, 1.165) is 24.4 Å². The third-order valence-corrected chi connectivity index (χ3v) is 3.23. The van der Waals surface area contributed by atoms with Gasteiger partial charge in [-0.2, -0.15) is 0 Å². The van der Waals surface area contributed by atoms with E-state index in [0.29, 0.717) is 5.15 Å². The van der Waals surface area contributed by atoms with Crippen molar-refractivity contribution in [2.45, 2.75) is 38.2 Å². The minimum Gasteiger partial charge on any atom is -0.370 e. The van der Waals surface area contributed by atoms with Gasteiger partial charge in [-0.15, -0.1) is 0 Å². The Morgan fingerprint density at radius 3 is 2.53 bits per heavy atom. The normalized spacial score (nSPS) is 19.4. The van der Waals surface area contributed by atoms with Crippen LogP contribution in [0.25, 0.3) is 0 Å². The van der Waals surface area contributed by atoms with Crippen LogP contribution in [0.1, 0.15) is 37.2 Å². The lowest BCUT2D eigenvalue weighted by molar-refractivity contribution is -0.0164. The van der Waals surface area contributed by atoms with Gasteiger partial charge in [0.25, 0.3) is 0 Å². The summed E-state index contributed by atoms with van der Waals surface area (Å²) in [4.78, 5) is 8.73. The highest BCUT2D eigenvalue weighted by molar-refractivity contribution is 6.29. The number of hydrogen-bond donors (Lipinski definition) is 0. The molecule has 1 fully saturated rings. The van der Waals surface area contributed by atoms with Crippen molar-refractivity contribution in [1.29, 1.82) is 0 Å². The van der Waals surface area contributed by atoms with E-state index in [-0.39, 0.29) is 5.60 Å². The largest absolute Gasteiger partial charge is 0.370 e. The fraction of sp³-hybridized carbons (Fsp3) is 0.636. The van der Waals surface area contributed by atoms with Gasteiger partial charge in [0.2, 0.25) is 0 Å². The van der Waals surface area contributed by atoms with Crippen LogP contribution in [0.4, 0.5) is 0 Å². The van der Waals surface area contributed by atoms with E-state index in [4.69, 9.17) is 16.3 Å². The number of methoxy groups -OCH3 is 1. The van der Waals surface area contributed by atoms with Crippen molar-refractivity contribution in [2.75, 3.05) is 7.11 Å². The molecule has 0 saturated heterocycles. The number of ether oxygens (including phenoxy) is 1.